The predicted molar refractivity (Wildman–Crippen MR) is 62.6 cm³/mol. The highest BCUT2D eigenvalue weighted by molar-refractivity contribution is 5.20. The van der Waals surface area contributed by atoms with Crippen molar-refractivity contribution in [2.45, 2.75) is 38.3 Å². The van der Waals surface area contributed by atoms with Crippen LogP contribution >= 0.6 is 0 Å². The van der Waals surface area contributed by atoms with E-state index in [1.54, 1.807) is 0 Å². The van der Waals surface area contributed by atoms with Crippen molar-refractivity contribution in [2.75, 3.05) is 6.61 Å². The zero-order chi connectivity index (χ0) is 11.4. The van der Waals surface area contributed by atoms with Gasteiger partial charge in [-0.25, -0.2) is 0 Å². The van der Waals surface area contributed by atoms with Crippen molar-refractivity contribution >= 4 is 0 Å². The lowest BCUT2D eigenvalue weighted by Gasteiger charge is -2.19. The summed E-state index contributed by atoms with van der Waals surface area (Å²) in [5, 5.41) is 0. The summed E-state index contributed by atoms with van der Waals surface area (Å²) in [5.41, 5.74) is 5.15. The molecule has 1 fully saturated rings. The lowest BCUT2D eigenvalue weighted by molar-refractivity contribution is 0.0945. The van der Waals surface area contributed by atoms with Gasteiger partial charge in [0, 0.05) is 25.0 Å². The summed E-state index contributed by atoms with van der Waals surface area (Å²) in [6.07, 6.45) is 7.27. The molecule has 0 aliphatic carbocycles. The Morgan fingerprint density at radius 1 is 1.62 bits per heavy atom. The minimum absolute atomic E-state index is 0.135. The second-order valence-electron chi connectivity index (χ2n) is 4.39. The second-order valence-corrected chi connectivity index (χ2v) is 4.39. The van der Waals surface area contributed by atoms with Crippen molar-refractivity contribution in [3.8, 4) is 0 Å². The second kappa shape index (κ2) is 5.39. The normalized spacial score (nSPS) is 22.2. The van der Waals surface area contributed by atoms with Crippen LogP contribution in [0.2, 0.25) is 0 Å². The number of aryl methyl sites for hydroxylation is 1. The van der Waals surface area contributed by atoms with Crippen molar-refractivity contribution < 1.29 is 4.74 Å². The molecule has 2 atom stereocenters. The smallest absolute Gasteiger partial charge is 0.0594 e. The Kier molecular flexibility index (Phi) is 3.88. The third-order valence-electron chi connectivity index (χ3n) is 3.02. The van der Waals surface area contributed by atoms with Gasteiger partial charge in [0.1, 0.15) is 0 Å². The lowest BCUT2D eigenvalue weighted by Crippen LogP contribution is -2.31. The minimum atomic E-state index is 0.135. The molecule has 1 aliphatic heterocycles. The molecular weight excluding hydrogens is 202 g/mol. The Hall–Kier alpha value is -0.970. The van der Waals surface area contributed by atoms with Crippen molar-refractivity contribution in [2.24, 2.45) is 5.84 Å². The zero-order valence-electron chi connectivity index (χ0n) is 9.65. The van der Waals surface area contributed by atoms with E-state index in [1.807, 2.05) is 19.3 Å². The summed E-state index contributed by atoms with van der Waals surface area (Å²) in [6, 6.07) is 2.25. The van der Waals surface area contributed by atoms with Gasteiger partial charge in [-0.05, 0) is 37.3 Å². The molecule has 2 rings (SSSR count). The number of rotatable bonds is 4. The fourth-order valence-electron chi connectivity index (χ4n) is 2.16. The van der Waals surface area contributed by atoms with Gasteiger partial charge >= 0.3 is 0 Å². The molecule has 0 saturated carbocycles. The Balaban J connectivity index is 2.03. The number of nitrogens with one attached hydrogen (secondary N) is 1. The molecule has 2 unspecified atom stereocenters. The first-order chi connectivity index (χ1) is 7.79. The molecule has 88 valence electrons. The van der Waals surface area contributed by atoms with Gasteiger partial charge in [0.05, 0.1) is 6.10 Å². The molecule has 1 aromatic heterocycles. The first kappa shape index (κ1) is 11.5. The highest BCUT2D eigenvalue weighted by Crippen LogP contribution is 2.24. The summed E-state index contributed by atoms with van der Waals surface area (Å²) in [4.78, 5) is 4.19. The predicted octanol–water partition coefficient (Wildman–Crippen LogP) is 1.46. The van der Waals surface area contributed by atoms with E-state index in [0.717, 1.165) is 37.0 Å². The third kappa shape index (κ3) is 2.78. The van der Waals surface area contributed by atoms with E-state index >= 15 is 0 Å². The molecule has 1 aromatic rings. The first-order valence-corrected chi connectivity index (χ1v) is 5.79. The summed E-state index contributed by atoms with van der Waals surface area (Å²) in [5.74, 6) is 5.60. The summed E-state index contributed by atoms with van der Waals surface area (Å²) >= 11 is 0. The number of hydrazine groups is 1. The van der Waals surface area contributed by atoms with E-state index in [9.17, 15) is 0 Å². The monoisotopic (exact) mass is 221 g/mol. The molecule has 2 heterocycles. The largest absolute Gasteiger partial charge is 0.378 e. The number of nitrogens with two attached hydrogens (primary N) is 1. The van der Waals surface area contributed by atoms with E-state index in [2.05, 4.69) is 16.5 Å². The van der Waals surface area contributed by atoms with E-state index in [4.69, 9.17) is 10.6 Å². The van der Waals surface area contributed by atoms with Crippen LogP contribution in [0.4, 0.5) is 0 Å². The van der Waals surface area contributed by atoms with Crippen LogP contribution in [0.15, 0.2) is 18.5 Å². The molecule has 4 heteroatoms. The maximum Gasteiger partial charge on any atom is 0.0594 e. The van der Waals surface area contributed by atoms with Crippen molar-refractivity contribution in [3.63, 3.8) is 0 Å². The summed E-state index contributed by atoms with van der Waals surface area (Å²) in [6.45, 7) is 2.92. The SMILES string of the molecule is Cc1cncc(C(CC2CCCO2)NN)c1. The van der Waals surface area contributed by atoms with E-state index in [-0.39, 0.29) is 6.04 Å². The lowest BCUT2D eigenvalue weighted by atomic mass is 10.0. The van der Waals surface area contributed by atoms with Crippen LogP contribution in [0.3, 0.4) is 0 Å². The minimum Gasteiger partial charge on any atom is -0.378 e. The quantitative estimate of drug-likeness (QED) is 0.597. The van der Waals surface area contributed by atoms with Gasteiger partial charge in [0.2, 0.25) is 0 Å². The topological polar surface area (TPSA) is 60.2 Å². The zero-order valence-corrected chi connectivity index (χ0v) is 9.65. The third-order valence-corrected chi connectivity index (χ3v) is 3.02. The molecule has 0 radical (unpaired) electrons. The van der Waals surface area contributed by atoms with Crippen LogP contribution in [0.1, 0.15) is 36.4 Å². The molecule has 3 N–H and O–H groups in total. The van der Waals surface area contributed by atoms with Gasteiger partial charge < -0.3 is 4.74 Å². The molecule has 0 bridgehead atoms. The van der Waals surface area contributed by atoms with Crippen LogP contribution in [0.5, 0.6) is 0 Å². The number of nitrogens with zero attached hydrogens (tertiary/aromatic N) is 1. The van der Waals surface area contributed by atoms with Crippen molar-refractivity contribution in [3.05, 3.63) is 29.6 Å². The molecule has 1 aliphatic rings. The molecule has 0 spiro atoms. The summed E-state index contributed by atoms with van der Waals surface area (Å²) < 4.78 is 5.62. The average Bonchev–Trinajstić information content (AvgIpc) is 2.78. The number of aromatic nitrogens is 1. The molecule has 0 amide bonds. The standard InChI is InChI=1S/C12H19N3O/c1-9-5-10(8-14-7-9)12(15-13)6-11-3-2-4-16-11/h5,7-8,11-12,15H,2-4,6,13H2,1H3. The molecule has 16 heavy (non-hydrogen) atoms. The highest BCUT2D eigenvalue weighted by Gasteiger charge is 2.21. The van der Waals surface area contributed by atoms with E-state index < -0.39 is 0 Å². The van der Waals surface area contributed by atoms with Crippen molar-refractivity contribution in [1.29, 1.82) is 0 Å². The first-order valence-electron chi connectivity index (χ1n) is 5.79. The fraction of sp³-hybridized carbons (Fsp3) is 0.583. The molecule has 4 nitrogen and oxygen atoms in total. The van der Waals surface area contributed by atoms with E-state index in [0.29, 0.717) is 6.10 Å². The number of ether oxygens (including phenoxy) is 1. The van der Waals surface area contributed by atoms with Crippen molar-refractivity contribution in [1.82, 2.24) is 10.4 Å². The number of pyridine rings is 1. The fourth-order valence-corrected chi connectivity index (χ4v) is 2.16. The molecular formula is C12H19N3O. The van der Waals surface area contributed by atoms with Gasteiger partial charge in [0.25, 0.3) is 0 Å². The average molecular weight is 221 g/mol. The van der Waals surface area contributed by atoms with Gasteiger partial charge in [-0.1, -0.05) is 6.07 Å². The van der Waals surface area contributed by atoms with Crippen LogP contribution < -0.4 is 11.3 Å². The Labute approximate surface area is 96.2 Å². The van der Waals surface area contributed by atoms with Crippen LogP contribution in [0, 0.1) is 6.92 Å². The molecule has 0 aromatic carbocycles. The van der Waals surface area contributed by atoms with Crippen LogP contribution in [-0.4, -0.2) is 17.7 Å². The summed E-state index contributed by atoms with van der Waals surface area (Å²) in [7, 11) is 0. The maximum atomic E-state index is 5.62. The van der Waals surface area contributed by atoms with Gasteiger partial charge in [-0.3, -0.25) is 16.3 Å². The Morgan fingerprint density at radius 2 is 2.50 bits per heavy atom. The number of hydrogen-bond acceptors (Lipinski definition) is 4. The van der Waals surface area contributed by atoms with Gasteiger partial charge in [-0.15, -0.1) is 0 Å². The van der Waals surface area contributed by atoms with E-state index in [1.165, 1.54) is 0 Å². The van der Waals surface area contributed by atoms with Gasteiger partial charge in [-0.2, -0.15) is 0 Å². The van der Waals surface area contributed by atoms with Crippen LogP contribution in [-0.2, 0) is 4.74 Å². The highest BCUT2D eigenvalue weighted by atomic mass is 16.5. The van der Waals surface area contributed by atoms with Crippen LogP contribution in [0.25, 0.3) is 0 Å². The maximum absolute atomic E-state index is 5.62. The van der Waals surface area contributed by atoms with Gasteiger partial charge in [0.15, 0.2) is 0 Å². The molecule has 1 saturated heterocycles. The Bertz CT molecular complexity index is 337. The number of hydrogen-bond donors (Lipinski definition) is 2. The Morgan fingerprint density at radius 3 is 3.12 bits per heavy atom.